The SMILES string of the molecule is CCOC(=O)C(C)CC(C)(CC)C(=O)OC(C)C(=O)OCc1ccccc1. The molecule has 0 bridgehead atoms. The molecule has 0 N–H and O–H groups in total. The van der Waals surface area contributed by atoms with Crippen LogP contribution in [0.1, 0.15) is 53.0 Å². The van der Waals surface area contributed by atoms with Crippen LogP contribution in [0.25, 0.3) is 0 Å². The number of carbonyl (C=O) groups excluding carboxylic acids is 3. The molecule has 0 saturated carbocycles. The average Bonchev–Trinajstić information content (AvgIpc) is 2.66. The Labute approximate surface area is 161 Å². The van der Waals surface area contributed by atoms with Gasteiger partial charge in [-0.3, -0.25) is 9.59 Å². The van der Waals surface area contributed by atoms with Gasteiger partial charge in [0, 0.05) is 0 Å². The van der Waals surface area contributed by atoms with E-state index in [4.69, 9.17) is 14.2 Å². The maximum Gasteiger partial charge on any atom is 0.347 e. The Morgan fingerprint density at radius 1 is 1.00 bits per heavy atom. The van der Waals surface area contributed by atoms with Gasteiger partial charge in [-0.2, -0.15) is 0 Å². The lowest BCUT2D eigenvalue weighted by molar-refractivity contribution is -0.175. The van der Waals surface area contributed by atoms with E-state index < -0.39 is 29.4 Å². The number of ether oxygens (including phenoxy) is 3. The van der Waals surface area contributed by atoms with Crippen LogP contribution in [0.3, 0.4) is 0 Å². The van der Waals surface area contributed by atoms with Gasteiger partial charge in [0.25, 0.3) is 0 Å². The van der Waals surface area contributed by atoms with Crippen LogP contribution >= 0.6 is 0 Å². The van der Waals surface area contributed by atoms with E-state index in [1.807, 2.05) is 37.3 Å². The predicted molar refractivity (Wildman–Crippen MR) is 101 cm³/mol. The summed E-state index contributed by atoms with van der Waals surface area (Å²) >= 11 is 0. The Morgan fingerprint density at radius 3 is 2.19 bits per heavy atom. The minimum absolute atomic E-state index is 0.118. The molecule has 3 atom stereocenters. The lowest BCUT2D eigenvalue weighted by Gasteiger charge is -2.29. The van der Waals surface area contributed by atoms with E-state index in [-0.39, 0.29) is 19.0 Å². The number of esters is 3. The Hall–Kier alpha value is -2.37. The molecular weight excluding hydrogens is 348 g/mol. The topological polar surface area (TPSA) is 78.9 Å². The molecule has 0 aliphatic rings. The highest BCUT2D eigenvalue weighted by atomic mass is 16.6. The van der Waals surface area contributed by atoms with Crippen LogP contribution in [0, 0.1) is 11.3 Å². The van der Waals surface area contributed by atoms with Gasteiger partial charge in [0.15, 0.2) is 6.10 Å². The zero-order valence-electron chi connectivity index (χ0n) is 16.8. The van der Waals surface area contributed by atoms with Crippen molar-refractivity contribution in [3.05, 3.63) is 35.9 Å². The fourth-order valence-electron chi connectivity index (χ4n) is 2.61. The van der Waals surface area contributed by atoms with E-state index in [1.54, 1.807) is 20.8 Å². The first-order chi connectivity index (χ1) is 12.7. The number of rotatable bonds is 10. The van der Waals surface area contributed by atoms with Gasteiger partial charge in [0.05, 0.1) is 17.9 Å². The lowest BCUT2D eigenvalue weighted by Crippen LogP contribution is -2.37. The van der Waals surface area contributed by atoms with Crippen LogP contribution in [0.4, 0.5) is 0 Å². The number of hydrogen-bond acceptors (Lipinski definition) is 6. The van der Waals surface area contributed by atoms with Gasteiger partial charge in [0.1, 0.15) is 6.61 Å². The standard InChI is InChI=1S/C21H30O6/c1-6-21(5,13-15(3)18(22)25-7-2)20(24)27-16(4)19(23)26-14-17-11-9-8-10-12-17/h8-12,15-16H,6-7,13-14H2,1-5H3. The summed E-state index contributed by atoms with van der Waals surface area (Å²) in [4.78, 5) is 36.6. The molecule has 0 aromatic heterocycles. The minimum Gasteiger partial charge on any atom is -0.466 e. The Kier molecular flexibility index (Phi) is 8.98. The largest absolute Gasteiger partial charge is 0.466 e. The molecule has 0 heterocycles. The third kappa shape index (κ3) is 7.04. The summed E-state index contributed by atoms with van der Waals surface area (Å²) in [5.41, 5.74) is -0.0359. The fraction of sp³-hybridized carbons (Fsp3) is 0.571. The van der Waals surface area contributed by atoms with Crippen LogP contribution in [0.5, 0.6) is 0 Å². The van der Waals surface area contributed by atoms with Crippen LogP contribution in [-0.2, 0) is 35.2 Å². The number of carbonyl (C=O) groups is 3. The zero-order valence-corrected chi connectivity index (χ0v) is 16.8. The third-order valence-corrected chi connectivity index (χ3v) is 4.56. The van der Waals surface area contributed by atoms with Crippen molar-refractivity contribution < 1.29 is 28.6 Å². The molecule has 1 aromatic carbocycles. The summed E-state index contributed by atoms with van der Waals surface area (Å²) in [6, 6.07) is 9.26. The maximum absolute atomic E-state index is 12.6. The van der Waals surface area contributed by atoms with E-state index in [0.29, 0.717) is 13.0 Å². The van der Waals surface area contributed by atoms with Crippen molar-refractivity contribution in [2.75, 3.05) is 6.61 Å². The fourth-order valence-corrected chi connectivity index (χ4v) is 2.61. The van der Waals surface area contributed by atoms with Gasteiger partial charge in [-0.1, -0.05) is 44.2 Å². The number of benzene rings is 1. The second-order valence-corrected chi connectivity index (χ2v) is 6.91. The molecule has 0 aliphatic heterocycles. The highest BCUT2D eigenvalue weighted by Gasteiger charge is 2.38. The normalized spacial score (nSPS) is 15.1. The van der Waals surface area contributed by atoms with E-state index in [1.165, 1.54) is 6.92 Å². The molecule has 0 amide bonds. The Morgan fingerprint density at radius 2 is 1.63 bits per heavy atom. The highest BCUT2D eigenvalue weighted by Crippen LogP contribution is 2.32. The van der Waals surface area contributed by atoms with Crippen molar-refractivity contribution in [3.63, 3.8) is 0 Å². The predicted octanol–water partition coefficient (Wildman–Crippen LogP) is 3.67. The monoisotopic (exact) mass is 378 g/mol. The summed E-state index contributed by atoms with van der Waals surface area (Å²) in [7, 11) is 0. The van der Waals surface area contributed by atoms with Crippen molar-refractivity contribution >= 4 is 17.9 Å². The summed E-state index contributed by atoms with van der Waals surface area (Å²) in [6.45, 7) is 8.92. The quantitative estimate of drug-likeness (QED) is 0.457. The van der Waals surface area contributed by atoms with Gasteiger partial charge in [-0.25, -0.2) is 4.79 Å². The zero-order chi connectivity index (χ0) is 20.4. The van der Waals surface area contributed by atoms with E-state index in [0.717, 1.165) is 5.56 Å². The summed E-state index contributed by atoms with van der Waals surface area (Å²) in [5, 5.41) is 0. The molecule has 0 fully saturated rings. The summed E-state index contributed by atoms with van der Waals surface area (Å²) in [5.74, 6) is -1.92. The Bertz CT molecular complexity index is 627. The van der Waals surface area contributed by atoms with E-state index in [2.05, 4.69) is 0 Å². The first kappa shape index (κ1) is 22.7. The maximum atomic E-state index is 12.6. The van der Waals surface area contributed by atoms with Crippen LogP contribution in [0.2, 0.25) is 0 Å². The second kappa shape index (κ2) is 10.7. The van der Waals surface area contributed by atoms with E-state index >= 15 is 0 Å². The highest BCUT2D eigenvalue weighted by molar-refractivity contribution is 5.82. The second-order valence-electron chi connectivity index (χ2n) is 6.91. The van der Waals surface area contributed by atoms with Gasteiger partial charge in [-0.05, 0) is 39.2 Å². The molecule has 0 radical (unpaired) electrons. The van der Waals surface area contributed by atoms with Crippen LogP contribution in [-0.4, -0.2) is 30.6 Å². The molecule has 27 heavy (non-hydrogen) atoms. The van der Waals surface area contributed by atoms with Crippen molar-refractivity contribution in [1.82, 2.24) is 0 Å². The van der Waals surface area contributed by atoms with Crippen molar-refractivity contribution in [2.24, 2.45) is 11.3 Å². The first-order valence-corrected chi connectivity index (χ1v) is 9.31. The molecule has 0 aliphatic carbocycles. The summed E-state index contributed by atoms with van der Waals surface area (Å²) < 4.78 is 15.5. The molecule has 6 nitrogen and oxygen atoms in total. The van der Waals surface area contributed by atoms with Crippen molar-refractivity contribution in [1.29, 1.82) is 0 Å². The van der Waals surface area contributed by atoms with Crippen molar-refractivity contribution in [2.45, 2.75) is 60.2 Å². The van der Waals surface area contributed by atoms with Gasteiger partial charge >= 0.3 is 17.9 Å². The third-order valence-electron chi connectivity index (χ3n) is 4.56. The van der Waals surface area contributed by atoms with Crippen LogP contribution in [0.15, 0.2) is 30.3 Å². The molecule has 6 heteroatoms. The van der Waals surface area contributed by atoms with Crippen molar-refractivity contribution in [3.8, 4) is 0 Å². The van der Waals surface area contributed by atoms with Crippen LogP contribution < -0.4 is 0 Å². The molecule has 1 aromatic rings. The minimum atomic E-state index is -1.02. The average molecular weight is 378 g/mol. The molecular formula is C21H30O6. The molecule has 1 rings (SSSR count). The molecule has 3 unspecified atom stereocenters. The molecule has 0 saturated heterocycles. The number of hydrogen-bond donors (Lipinski definition) is 0. The van der Waals surface area contributed by atoms with E-state index in [9.17, 15) is 14.4 Å². The first-order valence-electron chi connectivity index (χ1n) is 9.31. The van der Waals surface area contributed by atoms with Gasteiger partial charge in [0.2, 0.25) is 0 Å². The van der Waals surface area contributed by atoms with Gasteiger partial charge in [-0.15, -0.1) is 0 Å². The Balaban J connectivity index is 2.61. The smallest absolute Gasteiger partial charge is 0.347 e. The molecule has 150 valence electrons. The summed E-state index contributed by atoms with van der Waals surface area (Å²) in [6.07, 6.45) is -0.265. The molecule has 0 spiro atoms. The van der Waals surface area contributed by atoms with Gasteiger partial charge < -0.3 is 14.2 Å². The lowest BCUT2D eigenvalue weighted by atomic mass is 9.79.